The lowest BCUT2D eigenvalue weighted by Gasteiger charge is -2.08. The van der Waals surface area contributed by atoms with E-state index in [0.717, 1.165) is 24.3 Å². The van der Waals surface area contributed by atoms with Gasteiger partial charge >= 0.3 is 6.03 Å². The van der Waals surface area contributed by atoms with E-state index in [9.17, 15) is 4.79 Å². The Labute approximate surface area is 110 Å². The van der Waals surface area contributed by atoms with Gasteiger partial charge in [0.15, 0.2) is 0 Å². The van der Waals surface area contributed by atoms with Crippen LogP contribution < -0.4 is 10.3 Å². The van der Waals surface area contributed by atoms with E-state index in [1.807, 2.05) is 0 Å². The zero-order valence-electron chi connectivity index (χ0n) is 10.6. The van der Waals surface area contributed by atoms with E-state index in [-0.39, 0.29) is 6.03 Å². The Morgan fingerprint density at radius 1 is 1.44 bits per heavy atom. The minimum absolute atomic E-state index is 0.0939. The van der Waals surface area contributed by atoms with E-state index >= 15 is 0 Å². The molecular formula is C11H17N5OS. The Hall–Kier alpha value is -1.47. The van der Waals surface area contributed by atoms with Gasteiger partial charge in [-0.1, -0.05) is 30.4 Å². The predicted molar refractivity (Wildman–Crippen MR) is 71.3 cm³/mol. The van der Waals surface area contributed by atoms with Crippen LogP contribution >= 0.6 is 11.3 Å². The van der Waals surface area contributed by atoms with Gasteiger partial charge in [0.1, 0.15) is 5.01 Å². The van der Waals surface area contributed by atoms with Crippen molar-refractivity contribution in [3.05, 3.63) is 17.2 Å². The maximum atomic E-state index is 11.7. The maximum Gasteiger partial charge on any atom is 0.341 e. The molecule has 7 heteroatoms. The van der Waals surface area contributed by atoms with Gasteiger partial charge < -0.3 is 0 Å². The van der Waals surface area contributed by atoms with Crippen LogP contribution in [0.1, 0.15) is 24.8 Å². The van der Waals surface area contributed by atoms with E-state index in [0.29, 0.717) is 11.8 Å². The van der Waals surface area contributed by atoms with Crippen molar-refractivity contribution in [2.75, 3.05) is 18.6 Å². The molecule has 0 spiro atoms. The van der Waals surface area contributed by atoms with Gasteiger partial charge in [-0.05, 0) is 12.8 Å². The standard InChI is InChI=1S/C11H17N5OS/c1-3-4-5-6-7-9-13-14-10(18-9)16-8-12-15(2)11(16)17/h4-5,12H,3,6-8H2,1-2H3. The first-order valence-corrected chi connectivity index (χ1v) is 6.80. The largest absolute Gasteiger partial charge is 0.341 e. The minimum atomic E-state index is -0.0939. The molecule has 1 aliphatic rings. The second kappa shape index (κ2) is 5.92. The number of carbonyl (C=O) groups is 1. The number of hydrogen-bond donors (Lipinski definition) is 1. The van der Waals surface area contributed by atoms with Crippen molar-refractivity contribution in [3.8, 4) is 0 Å². The summed E-state index contributed by atoms with van der Waals surface area (Å²) in [5.74, 6) is 0. The maximum absolute atomic E-state index is 11.7. The van der Waals surface area contributed by atoms with Crippen molar-refractivity contribution in [1.29, 1.82) is 0 Å². The summed E-state index contributed by atoms with van der Waals surface area (Å²) >= 11 is 1.48. The molecule has 6 nitrogen and oxygen atoms in total. The molecule has 18 heavy (non-hydrogen) atoms. The summed E-state index contributed by atoms with van der Waals surface area (Å²) < 4.78 is 0. The van der Waals surface area contributed by atoms with Crippen LogP contribution in [0.15, 0.2) is 12.2 Å². The van der Waals surface area contributed by atoms with Crippen LogP contribution in [-0.4, -0.2) is 35.0 Å². The van der Waals surface area contributed by atoms with Gasteiger partial charge in [-0.3, -0.25) is 9.91 Å². The molecule has 1 saturated heterocycles. The van der Waals surface area contributed by atoms with Crippen LogP contribution in [0.25, 0.3) is 0 Å². The zero-order chi connectivity index (χ0) is 13.0. The third-order valence-electron chi connectivity index (χ3n) is 2.60. The first-order chi connectivity index (χ1) is 8.72. The van der Waals surface area contributed by atoms with Gasteiger partial charge in [-0.25, -0.2) is 10.2 Å². The van der Waals surface area contributed by atoms with Crippen LogP contribution in [0.4, 0.5) is 9.93 Å². The molecule has 1 aromatic heterocycles. The average molecular weight is 267 g/mol. The van der Waals surface area contributed by atoms with Crippen molar-refractivity contribution in [2.24, 2.45) is 0 Å². The van der Waals surface area contributed by atoms with Gasteiger partial charge in [0.25, 0.3) is 0 Å². The highest BCUT2D eigenvalue weighted by Crippen LogP contribution is 2.23. The Balaban J connectivity index is 1.94. The fraction of sp³-hybridized carbons (Fsp3) is 0.545. The number of allylic oxidation sites excluding steroid dienone is 2. The second-order valence-electron chi connectivity index (χ2n) is 3.98. The SMILES string of the molecule is CCC=CCCc1nnc(N2CNN(C)C2=O)s1. The van der Waals surface area contributed by atoms with Crippen molar-refractivity contribution in [2.45, 2.75) is 26.2 Å². The summed E-state index contributed by atoms with van der Waals surface area (Å²) in [6, 6.07) is -0.0939. The van der Waals surface area contributed by atoms with Gasteiger partial charge in [-0.2, -0.15) is 0 Å². The Kier molecular flexibility index (Phi) is 4.27. The third kappa shape index (κ3) is 2.85. The average Bonchev–Trinajstić information content (AvgIpc) is 2.94. The highest BCUT2D eigenvalue weighted by Gasteiger charge is 2.28. The smallest absolute Gasteiger partial charge is 0.261 e. The highest BCUT2D eigenvalue weighted by atomic mass is 32.1. The van der Waals surface area contributed by atoms with E-state index in [4.69, 9.17) is 0 Å². The van der Waals surface area contributed by atoms with E-state index in [1.165, 1.54) is 16.3 Å². The summed E-state index contributed by atoms with van der Waals surface area (Å²) in [4.78, 5) is 13.3. The van der Waals surface area contributed by atoms with Crippen LogP contribution in [-0.2, 0) is 6.42 Å². The van der Waals surface area contributed by atoms with Gasteiger partial charge in [0, 0.05) is 13.5 Å². The van der Waals surface area contributed by atoms with Crippen molar-refractivity contribution in [1.82, 2.24) is 20.6 Å². The lowest BCUT2D eigenvalue weighted by molar-refractivity contribution is 0.217. The number of aromatic nitrogens is 2. The topological polar surface area (TPSA) is 61.4 Å². The molecule has 0 saturated carbocycles. The summed E-state index contributed by atoms with van der Waals surface area (Å²) in [6.45, 7) is 2.57. The van der Waals surface area contributed by atoms with Crippen LogP contribution in [0, 0.1) is 0 Å². The first-order valence-electron chi connectivity index (χ1n) is 5.98. The molecule has 0 radical (unpaired) electrons. The molecular weight excluding hydrogens is 250 g/mol. The molecule has 1 fully saturated rings. The summed E-state index contributed by atoms with van der Waals surface area (Å²) in [5, 5.41) is 11.3. The highest BCUT2D eigenvalue weighted by molar-refractivity contribution is 7.15. The quantitative estimate of drug-likeness (QED) is 0.826. The summed E-state index contributed by atoms with van der Waals surface area (Å²) in [5.41, 5.74) is 2.92. The molecule has 0 unspecified atom stereocenters. The third-order valence-corrected chi connectivity index (χ3v) is 3.60. The number of amides is 2. The number of carbonyl (C=O) groups excluding carboxylic acids is 1. The molecule has 0 atom stereocenters. The van der Waals surface area contributed by atoms with Crippen LogP contribution in [0.5, 0.6) is 0 Å². The zero-order valence-corrected chi connectivity index (χ0v) is 11.4. The Morgan fingerprint density at radius 2 is 2.28 bits per heavy atom. The molecule has 0 bridgehead atoms. The number of rotatable bonds is 5. The summed E-state index contributed by atoms with van der Waals surface area (Å²) in [6.07, 6.45) is 7.19. The molecule has 1 aliphatic heterocycles. The fourth-order valence-electron chi connectivity index (χ4n) is 1.59. The van der Waals surface area contributed by atoms with Gasteiger partial charge in [-0.15, -0.1) is 10.2 Å². The number of urea groups is 1. The van der Waals surface area contributed by atoms with E-state index < -0.39 is 0 Å². The lowest BCUT2D eigenvalue weighted by atomic mass is 10.3. The van der Waals surface area contributed by atoms with Crippen molar-refractivity contribution < 1.29 is 4.79 Å². The van der Waals surface area contributed by atoms with Crippen LogP contribution in [0.3, 0.4) is 0 Å². The number of hydrogen-bond acceptors (Lipinski definition) is 5. The normalized spacial score (nSPS) is 16.2. The monoisotopic (exact) mass is 267 g/mol. The number of aryl methyl sites for hydroxylation is 1. The predicted octanol–water partition coefficient (Wildman–Crippen LogP) is 1.77. The van der Waals surface area contributed by atoms with E-state index in [1.54, 1.807) is 11.9 Å². The second-order valence-corrected chi connectivity index (χ2v) is 5.02. The Bertz CT molecular complexity index is 444. The number of anilines is 1. The first kappa shape index (κ1) is 13.0. The molecule has 2 heterocycles. The lowest BCUT2D eigenvalue weighted by Crippen LogP contribution is -2.31. The van der Waals surface area contributed by atoms with Gasteiger partial charge in [0.05, 0.1) is 6.67 Å². The van der Waals surface area contributed by atoms with Crippen LogP contribution in [0.2, 0.25) is 0 Å². The molecule has 2 rings (SSSR count). The van der Waals surface area contributed by atoms with Crippen molar-refractivity contribution in [3.63, 3.8) is 0 Å². The minimum Gasteiger partial charge on any atom is -0.261 e. The number of nitrogens with zero attached hydrogens (tertiary/aromatic N) is 4. The summed E-state index contributed by atoms with van der Waals surface area (Å²) in [7, 11) is 1.69. The number of nitrogens with one attached hydrogen (secondary N) is 1. The van der Waals surface area contributed by atoms with Gasteiger partial charge in [0.2, 0.25) is 5.13 Å². The molecule has 0 aromatic carbocycles. The number of hydrazine groups is 1. The molecule has 1 aromatic rings. The molecule has 0 aliphatic carbocycles. The Morgan fingerprint density at radius 3 is 2.94 bits per heavy atom. The molecule has 2 amide bonds. The molecule has 98 valence electrons. The van der Waals surface area contributed by atoms with Crippen molar-refractivity contribution >= 4 is 22.5 Å². The fourth-order valence-corrected chi connectivity index (χ4v) is 2.44. The van der Waals surface area contributed by atoms with E-state index in [2.05, 4.69) is 34.7 Å². The molecule has 1 N–H and O–H groups in total.